The molecule has 112 valence electrons. The van der Waals surface area contributed by atoms with Crippen LogP contribution in [0.1, 0.15) is 6.92 Å². The predicted molar refractivity (Wildman–Crippen MR) is 77.4 cm³/mol. The van der Waals surface area contributed by atoms with Gasteiger partial charge in [0.1, 0.15) is 0 Å². The number of benzene rings is 1. The maximum atomic E-state index is 13.7. The molecule has 1 aromatic heterocycles. The third-order valence-electron chi connectivity index (χ3n) is 2.95. The van der Waals surface area contributed by atoms with Crippen LogP contribution in [-0.2, 0) is 10.0 Å². The van der Waals surface area contributed by atoms with Crippen molar-refractivity contribution < 1.29 is 17.5 Å². The zero-order valence-electron chi connectivity index (χ0n) is 11.7. The van der Waals surface area contributed by atoms with Crippen molar-refractivity contribution in [3.63, 3.8) is 0 Å². The number of pyridine rings is 1. The largest absolute Gasteiger partial charge is 0.494 e. The molecule has 0 radical (unpaired) electrons. The smallest absolute Gasteiger partial charge is 0.264 e. The molecule has 0 bridgehead atoms. The van der Waals surface area contributed by atoms with Gasteiger partial charge in [-0.25, -0.2) is 12.8 Å². The van der Waals surface area contributed by atoms with Crippen molar-refractivity contribution in [2.45, 2.75) is 11.8 Å². The van der Waals surface area contributed by atoms with Crippen molar-refractivity contribution in [2.75, 3.05) is 18.0 Å². The molecule has 0 amide bonds. The van der Waals surface area contributed by atoms with Gasteiger partial charge in [0.15, 0.2) is 11.6 Å². The fourth-order valence-electron chi connectivity index (χ4n) is 1.94. The lowest BCUT2D eigenvalue weighted by atomic mass is 10.3. The Kier molecular flexibility index (Phi) is 4.42. The molecule has 0 atom stereocenters. The van der Waals surface area contributed by atoms with Gasteiger partial charge in [-0.05, 0) is 37.3 Å². The number of hydrogen-bond donors (Lipinski definition) is 0. The van der Waals surface area contributed by atoms with Crippen LogP contribution in [0.2, 0.25) is 0 Å². The van der Waals surface area contributed by atoms with Crippen molar-refractivity contribution in [2.24, 2.45) is 0 Å². The molecule has 0 saturated heterocycles. The number of sulfonamides is 1. The van der Waals surface area contributed by atoms with Crippen LogP contribution in [0.25, 0.3) is 0 Å². The first-order valence-electron chi connectivity index (χ1n) is 6.27. The zero-order chi connectivity index (χ0) is 15.5. The van der Waals surface area contributed by atoms with Crippen LogP contribution in [-0.4, -0.2) is 27.1 Å². The minimum atomic E-state index is -3.84. The molecule has 21 heavy (non-hydrogen) atoms. The van der Waals surface area contributed by atoms with E-state index in [-0.39, 0.29) is 17.2 Å². The lowest BCUT2D eigenvalue weighted by Crippen LogP contribution is -2.30. The molecule has 0 unspecified atom stereocenters. The molecule has 0 aliphatic rings. The Morgan fingerprint density at radius 3 is 2.43 bits per heavy atom. The maximum Gasteiger partial charge on any atom is 0.264 e. The van der Waals surface area contributed by atoms with E-state index in [4.69, 9.17) is 4.74 Å². The van der Waals surface area contributed by atoms with E-state index in [1.807, 2.05) is 0 Å². The van der Waals surface area contributed by atoms with Crippen molar-refractivity contribution in [1.82, 2.24) is 4.98 Å². The lowest BCUT2D eigenvalue weighted by molar-refractivity contribution is 0.385. The van der Waals surface area contributed by atoms with E-state index in [0.29, 0.717) is 5.69 Å². The van der Waals surface area contributed by atoms with Crippen molar-refractivity contribution in [1.29, 1.82) is 0 Å². The van der Waals surface area contributed by atoms with Crippen LogP contribution in [0.5, 0.6) is 5.75 Å². The van der Waals surface area contributed by atoms with Crippen molar-refractivity contribution in [3.8, 4) is 5.75 Å². The minimum absolute atomic E-state index is 0.000842. The van der Waals surface area contributed by atoms with E-state index < -0.39 is 15.8 Å². The zero-order valence-corrected chi connectivity index (χ0v) is 12.5. The van der Waals surface area contributed by atoms with Gasteiger partial charge in [0.05, 0.1) is 17.7 Å². The fourth-order valence-corrected chi connectivity index (χ4v) is 3.42. The molecule has 1 aromatic carbocycles. The molecule has 2 rings (SSSR count). The maximum absolute atomic E-state index is 13.7. The molecule has 0 aliphatic carbocycles. The van der Waals surface area contributed by atoms with Crippen LogP contribution in [0.3, 0.4) is 0 Å². The Morgan fingerprint density at radius 1 is 1.24 bits per heavy atom. The van der Waals surface area contributed by atoms with Gasteiger partial charge >= 0.3 is 0 Å². The van der Waals surface area contributed by atoms with E-state index in [1.165, 1.54) is 35.9 Å². The Labute approximate surface area is 123 Å². The van der Waals surface area contributed by atoms with Crippen molar-refractivity contribution >= 4 is 15.7 Å². The summed E-state index contributed by atoms with van der Waals surface area (Å²) in [6.07, 6.45) is 3.00. The summed E-state index contributed by atoms with van der Waals surface area (Å²) in [5.74, 6) is -0.717. The van der Waals surface area contributed by atoms with Crippen LogP contribution < -0.4 is 9.04 Å². The third kappa shape index (κ3) is 2.97. The summed E-state index contributed by atoms with van der Waals surface area (Å²) in [5, 5.41) is 0. The first kappa shape index (κ1) is 15.2. The van der Waals surface area contributed by atoms with Gasteiger partial charge in [-0.2, -0.15) is 0 Å². The van der Waals surface area contributed by atoms with Crippen LogP contribution in [0.4, 0.5) is 10.1 Å². The molecule has 0 N–H and O–H groups in total. The Morgan fingerprint density at radius 2 is 1.90 bits per heavy atom. The fraction of sp³-hybridized carbons (Fsp3) is 0.214. The van der Waals surface area contributed by atoms with Crippen LogP contribution in [0, 0.1) is 5.82 Å². The topological polar surface area (TPSA) is 59.5 Å². The van der Waals surface area contributed by atoms with Crippen molar-refractivity contribution in [3.05, 3.63) is 48.5 Å². The van der Waals surface area contributed by atoms with Gasteiger partial charge < -0.3 is 4.74 Å². The minimum Gasteiger partial charge on any atom is -0.494 e. The number of nitrogens with zero attached hydrogens (tertiary/aromatic N) is 2. The summed E-state index contributed by atoms with van der Waals surface area (Å²) in [6, 6.07) is 6.74. The standard InChI is InChI=1S/C14H15FN2O3S/c1-3-17(11-6-8-16-9-7-11)21(18,19)12-4-5-14(20-2)13(15)10-12/h4-10H,3H2,1-2H3. The van der Waals surface area contributed by atoms with Gasteiger partial charge in [0, 0.05) is 18.9 Å². The SMILES string of the molecule is CCN(c1ccncc1)S(=O)(=O)c1ccc(OC)c(F)c1. The molecule has 0 fully saturated rings. The Bertz CT molecular complexity index is 720. The van der Waals surface area contributed by atoms with E-state index in [0.717, 1.165) is 6.07 Å². The molecule has 0 spiro atoms. The lowest BCUT2D eigenvalue weighted by Gasteiger charge is -2.22. The number of ether oxygens (including phenoxy) is 1. The number of rotatable bonds is 5. The molecular weight excluding hydrogens is 295 g/mol. The number of anilines is 1. The summed E-state index contributed by atoms with van der Waals surface area (Å²) in [6.45, 7) is 1.93. The summed E-state index contributed by atoms with van der Waals surface area (Å²) < 4.78 is 44.9. The average Bonchev–Trinajstić information content (AvgIpc) is 2.48. The second-order valence-electron chi connectivity index (χ2n) is 4.17. The first-order chi connectivity index (χ1) is 10.0. The number of methoxy groups -OCH3 is 1. The van der Waals surface area contributed by atoms with E-state index in [1.54, 1.807) is 19.1 Å². The van der Waals surface area contributed by atoms with Crippen LogP contribution >= 0.6 is 0 Å². The second-order valence-corrected chi connectivity index (χ2v) is 6.03. The number of halogens is 1. The first-order valence-corrected chi connectivity index (χ1v) is 7.71. The molecule has 7 heteroatoms. The molecule has 0 saturated carbocycles. The highest BCUT2D eigenvalue weighted by atomic mass is 32.2. The number of aromatic nitrogens is 1. The third-order valence-corrected chi connectivity index (χ3v) is 4.85. The molecular formula is C14H15FN2O3S. The highest BCUT2D eigenvalue weighted by Gasteiger charge is 2.24. The highest BCUT2D eigenvalue weighted by Crippen LogP contribution is 2.26. The highest BCUT2D eigenvalue weighted by molar-refractivity contribution is 7.92. The van der Waals surface area contributed by atoms with E-state index in [2.05, 4.69) is 4.98 Å². The second kappa shape index (κ2) is 6.09. The van der Waals surface area contributed by atoms with Gasteiger partial charge in [0.25, 0.3) is 10.0 Å². The van der Waals surface area contributed by atoms with Gasteiger partial charge in [-0.3, -0.25) is 9.29 Å². The Balaban J connectivity index is 2.47. The predicted octanol–water partition coefficient (Wildman–Crippen LogP) is 2.44. The van der Waals surface area contributed by atoms with Gasteiger partial charge in [-0.1, -0.05) is 0 Å². The molecule has 5 nitrogen and oxygen atoms in total. The summed E-state index contributed by atoms with van der Waals surface area (Å²) >= 11 is 0. The van der Waals surface area contributed by atoms with Gasteiger partial charge in [-0.15, -0.1) is 0 Å². The monoisotopic (exact) mass is 310 g/mol. The van der Waals surface area contributed by atoms with E-state index in [9.17, 15) is 12.8 Å². The molecule has 0 aliphatic heterocycles. The van der Waals surface area contributed by atoms with Gasteiger partial charge in [0.2, 0.25) is 0 Å². The average molecular weight is 310 g/mol. The number of hydrogen-bond acceptors (Lipinski definition) is 4. The van der Waals surface area contributed by atoms with Crippen LogP contribution in [0.15, 0.2) is 47.6 Å². The quantitative estimate of drug-likeness (QED) is 0.851. The summed E-state index contributed by atoms with van der Waals surface area (Å²) in [7, 11) is -2.52. The molecule has 2 aromatic rings. The molecule has 1 heterocycles. The summed E-state index contributed by atoms with van der Waals surface area (Å²) in [5.41, 5.74) is 0.476. The Hall–Kier alpha value is -2.15. The normalized spacial score (nSPS) is 11.2. The van der Waals surface area contributed by atoms with E-state index >= 15 is 0 Å². The summed E-state index contributed by atoms with van der Waals surface area (Å²) in [4.78, 5) is 3.73.